The topological polar surface area (TPSA) is 102 Å². The van der Waals surface area contributed by atoms with Crippen LogP contribution in [0.15, 0.2) is 30.6 Å². The Morgan fingerprint density at radius 1 is 1.23 bits per heavy atom. The molecule has 208 valence electrons. The SMILES string of the molecule is CC[C@H]1CN(C(=O)OC(C)(C)C)Cc2cc(Oc3ccnc4c3cc(C#N)n4COCC[Si](C)(C)C)cnc21. The highest BCUT2D eigenvalue weighted by molar-refractivity contribution is 6.76. The molecule has 0 N–H and O–H groups in total. The fraction of sp³-hybridized carbons (Fsp3) is 0.517. The van der Waals surface area contributed by atoms with Gasteiger partial charge in [-0.2, -0.15) is 5.26 Å². The first kappa shape index (κ1) is 28.6. The average molecular weight is 550 g/mol. The van der Waals surface area contributed by atoms with Crippen molar-refractivity contribution in [1.82, 2.24) is 19.4 Å². The van der Waals surface area contributed by atoms with Crippen molar-refractivity contribution < 1.29 is 19.0 Å². The second-order valence-corrected chi connectivity index (χ2v) is 17.9. The van der Waals surface area contributed by atoms with Crippen LogP contribution in [0, 0.1) is 11.3 Å². The first-order chi connectivity index (χ1) is 18.4. The van der Waals surface area contributed by atoms with Gasteiger partial charge in [-0.25, -0.2) is 9.78 Å². The van der Waals surface area contributed by atoms with Crippen molar-refractivity contribution in [2.45, 2.75) is 84.6 Å². The Kier molecular flexibility index (Phi) is 8.33. The lowest BCUT2D eigenvalue weighted by Gasteiger charge is -2.34. The molecule has 0 radical (unpaired) electrons. The van der Waals surface area contributed by atoms with E-state index >= 15 is 0 Å². The maximum atomic E-state index is 12.8. The number of amides is 1. The van der Waals surface area contributed by atoms with E-state index in [-0.39, 0.29) is 18.7 Å². The molecule has 3 aromatic rings. The van der Waals surface area contributed by atoms with Crippen LogP contribution in [0.5, 0.6) is 11.5 Å². The van der Waals surface area contributed by atoms with Crippen LogP contribution in [0.3, 0.4) is 0 Å². The third kappa shape index (κ3) is 6.97. The molecule has 1 atom stereocenters. The minimum absolute atomic E-state index is 0.121. The minimum atomic E-state index is -1.22. The number of pyridine rings is 2. The molecule has 0 spiro atoms. The number of ether oxygens (including phenoxy) is 3. The first-order valence-electron chi connectivity index (χ1n) is 13.5. The fourth-order valence-corrected chi connectivity index (χ4v) is 5.31. The lowest BCUT2D eigenvalue weighted by Crippen LogP contribution is -2.41. The molecular weight excluding hydrogens is 510 g/mol. The summed E-state index contributed by atoms with van der Waals surface area (Å²) >= 11 is 0. The number of hydrogen-bond acceptors (Lipinski definition) is 7. The van der Waals surface area contributed by atoms with E-state index in [0.29, 0.717) is 42.5 Å². The summed E-state index contributed by atoms with van der Waals surface area (Å²) in [6.45, 7) is 16.5. The van der Waals surface area contributed by atoms with Gasteiger partial charge in [-0.15, -0.1) is 0 Å². The monoisotopic (exact) mass is 549 g/mol. The summed E-state index contributed by atoms with van der Waals surface area (Å²) < 4.78 is 19.6. The Morgan fingerprint density at radius 2 is 2.00 bits per heavy atom. The highest BCUT2D eigenvalue weighted by Gasteiger charge is 2.31. The highest BCUT2D eigenvalue weighted by Crippen LogP contribution is 2.35. The van der Waals surface area contributed by atoms with Crippen molar-refractivity contribution in [3.8, 4) is 17.6 Å². The molecule has 10 heteroatoms. The van der Waals surface area contributed by atoms with Gasteiger partial charge in [0.15, 0.2) is 0 Å². The minimum Gasteiger partial charge on any atom is -0.455 e. The largest absolute Gasteiger partial charge is 0.455 e. The molecule has 4 heterocycles. The van der Waals surface area contributed by atoms with Gasteiger partial charge in [0.05, 0.1) is 23.8 Å². The van der Waals surface area contributed by atoms with Crippen molar-refractivity contribution in [3.05, 3.63) is 47.5 Å². The van der Waals surface area contributed by atoms with Crippen LogP contribution >= 0.6 is 0 Å². The van der Waals surface area contributed by atoms with Crippen molar-refractivity contribution in [2.24, 2.45) is 0 Å². The molecule has 1 amide bonds. The number of rotatable bonds is 8. The Bertz CT molecular complexity index is 1380. The Hall–Kier alpha value is -3.42. The van der Waals surface area contributed by atoms with Crippen molar-refractivity contribution in [3.63, 3.8) is 0 Å². The number of nitriles is 1. The number of hydrogen-bond donors (Lipinski definition) is 0. The zero-order valence-corrected chi connectivity index (χ0v) is 25.1. The van der Waals surface area contributed by atoms with Crippen LogP contribution in [0.4, 0.5) is 4.79 Å². The third-order valence-corrected chi connectivity index (χ3v) is 8.33. The predicted octanol–water partition coefficient (Wildman–Crippen LogP) is 6.65. The second-order valence-electron chi connectivity index (χ2n) is 12.2. The standard InChI is InChI=1S/C29H39N5O4Si/c1-8-20-17-33(28(35)38-29(2,3)4)18-21-13-23(16-32-26(20)21)37-25-9-10-31-27-24(25)14-22(15-30)34(27)19-36-11-12-39(5,6)7/h9-10,13-14,16,20H,8,11-12,17-19H2,1-7H3/t20-/m0/s1. The van der Waals surface area contributed by atoms with E-state index in [1.165, 1.54) is 0 Å². The van der Waals surface area contributed by atoms with Crippen LogP contribution in [0.2, 0.25) is 25.7 Å². The smallest absolute Gasteiger partial charge is 0.410 e. The average Bonchev–Trinajstić information content (AvgIpc) is 3.22. The summed E-state index contributed by atoms with van der Waals surface area (Å²) in [5.74, 6) is 1.25. The molecule has 9 nitrogen and oxygen atoms in total. The van der Waals surface area contributed by atoms with Gasteiger partial charge in [0.1, 0.15) is 41.2 Å². The summed E-state index contributed by atoms with van der Waals surface area (Å²) in [7, 11) is -1.22. The predicted molar refractivity (Wildman–Crippen MR) is 153 cm³/mol. The van der Waals surface area contributed by atoms with Gasteiger partial charge in [-0.3, -0.25) is 9.55 Å². The molecular formula is C29H39N5O4Si. The van der Waals surface area contributed by atoms with Gasteiger partial charge in [-0.05, 0) is 57.0 Å². The number of aromatic nitrogens is 3. The van der Waals surface area contributed by atoms with Gasteiger partial charge in [0.2, 0.25) is 0 Å². The molecule has 0 fully saturated rings. The molecule has 1 aliphatic heterocycles. The Morgan fingerprint density at radius 3 is 2.67 bits per heavy atom. The van der Waals surface area contributed by atoms with Gasteiger partial charge in [0, 0.05) is 33.3 Å². The van der Waals surface area contributed by atoms with Crippen molar-refractivity contribution in [1.29, 1.82) is 5.26 Å². The maximum Gasteiger partial charge on any atom is 0.410 e. The van der Waals surface area contributed by atoms with Gasteiger partial charge < -0.3 is 19.1 Å². The van der Waals surface area contributed by atoms with Crippen LogP contribution in [0.1, 0.15) is 57.0 Å². The van der Waals surface area contributed by atoms with Gasteiger partial charge in [-0.1, -0.05) is 26.6 Å². The third-order valence-electron chi connectivity index (χ3n) is 6.63. The number of fused-ring (bicyclic) bond motifs is 2. The molecule has 0 saturated heterocycles. The molecule has 0 aromatic carbocycles. The molecule has 0 unspecified atom stereocenters. The van der Waals surface area contributed by atoms with Crippen LogP contribution < -0.4 is 4.74 Å². The fourth-order valence-electron chi connectivity index (χ4n) is 4.56. The second kappa shape index (κ2) is 11.4. The summed E-state index contributed by atoms with van der Waals surface area (Å²) in [4.78, 5) is 23.8. The molecule has 4 rings (SSSR count). The van der Waals surface area contributed by atoms with Crippen LogP contribution in [-0.2, 0) is 22.7 Å². The zero-order chi connectivity index (χ0) is 28.4. The number of carbonyl (C=O) groups excluding carboxylic acids is 1. The normalized spacial score (nSPS) is 15.6. The number of nitrogens with zero attached hydrogens (tertiary/aromatic N) is 5. The van der Waals surface area contributed by atoms with E-state index < -0.39 is 13.7 Å². The van der Waals surface area contributed by atoms with Gasteiger partial charge in [0.25, 0.3) is 0 Å². The summed E-state index contributed by atoms with van der Waals surface area (Å²) in [6, 6.07) is 8.80. The quantitative estimate of drug-likeness (QED) is 0.229. The highest BCUT2D eigenvalue weighted by atomic mass is 28.3. The Balaban J connectivity index is 1.57. The number of carbonyl (C=O) groups is 1. The van der Waals surface area contributed by atoms with Crippen LogP contribution in [-0.4, -0.2) is 52.4 Å². The molecule has 0 bridgehead atoms. The van der Waals surface area contributed by atoms with E-state index in [1.807, 2.05) is 26.8 Å². The van der Waals surface area contributed by atoms with E-state index in [2.05, 4.69) is 37.6 Å². The van der Waals surface area contributed by atoms with E-state index in [4.69, 9.17) is 19.2 Å². The van der Waals surface area contributed by atoms with E-state index in [9.17, 15) is 10.1 Å². The molecule has 1 aliphatic rings. The van der Waals surface area contributed by atoms with Crippen LogP contribution in [0.25, 0.3) is 11.0 Å². The molecule has 0 aliphatic carbocycles. The molecule has 3 aromatic heterocycles. The zero-order valence-electron chi connectivity index (χ0n) is 24.1. The molecule has 39 heavy (non-hydrogen) atoms. The van der Waals surface area contributed by atoms with E-state index in [1.54, 1.807) is 34.0 Å². The summed E-state index contributed by atoms with van der Waals surface area (Å²) in [5.41, 5.74) is 2.45. The van der Waals surface area contributed by atoms with E-state index in [0.717, 1.165) is 29.1 Å². The lowest BCUT2D eigenvalue weighted by atomic mass is 9.93. The molecule has 0 saturated carbocycles. The van der Waals surface area contributed by atoms with Crippen molar-refractivity contribution >= 4 is 25.2 Å². The first-order valence-corrected chi connectivity index (χ1v) is 17.2. The maximum absolute atomic E-state index is 12.8. The van der Waals surface area contributed by atoms with Gasteiger partial charge >= 0.3 is 6.09 Å². The Labute approximate surface area is 231 Å². The lowest BCUT2D eigenvalue weighted by molar-refractivity contribution is 0.0202. The summed E-state index contributed by atoms with van der Waals surface area (Å²) in [5, 5.41) is 10.5. The summed E-state index contributed by atoms with van der Waals surface area (Å²) in [6.07, 6.45) is 3.92. The van der Waals surface area contributed by atoms with Crippen molar-refractivity contribution in [2.75, 3.05) is 13.2 Å².